The number of amides is 1. The van der Waals surface area contributed by atoms with Gasteiger partial charge in [0.2, 0.25) is 0 Å². The number of nitrogens with one attached hydrogen (secondary N) is 3. The number of aromatic nitrogens is 3. The molecule has 0 fully saturated rings. The van der Waals surface area contributed by atoms with Gasteiger partial charge in [0, 0.05) is 34.8 Å². The maximum absolute atomic E-state index is 12.9. The molecule has 1 aliphatic heterocycles. The largest absolute Gasteiger partial charge is 0.398 e. The molecule has 9 nitrogen and oxygen atoms in total. The van der Waals surface area contributed by atoms with Gasteiger partial charge < -0.3 is 21.8 Å². The van der Waals surface area contributed by atoms with E-state index in [-0.39, 0.29) is 17.8 Å². The van der Waals surface area contributed by atoms with Crippen LogP contribution in [0.4, 0.5) is 36.2 Å². The van der Waals surface area contributed by atoms with E-state index in [1.54, 1.807) is 47.2 Å². The van der Waals surface area contributed by atoms with Crippen LogP contribution in [0, 0.1) is 5.41 Å². The summed E-state index contributed by atoms with van der Waals surface area (Å²) in [5, 5.41) is 19.1. The number of aliphatic imine (C=N–C) groups is 1. The average Bonchev–Trinajstić information content (AvgIpc) is 3.12. The van der Waals surface area contributed by atoms with Gasteiger partial charge in [-0.25, -0.2) is 9.67 Å². The highest BCUT2D eigenvalue weighted by Gasteiger charge is 2.32. The summed E-state index contributed by atoms with van der Waals surface area (Å²) in [6, 6.07) is 17.0. The zero-order chi connectivity index (χ0) is 28.3. The second kappa shape index (κ2) is 11.0. The Morgan fingerprint density at radius 3 is 2.77 bits per heavy atom. The standard InChI is InChI=1S/C28H25F3N8O/c29-28(30,31)14-20-6-3-5-17(16-34-20)27(40)37-24-9-4-10-25(36-24)39-23-8-2-1-7-21(23)26(38-39)35-19-11-12-22(33)18(13-19)15-32/h1-2,4-5,7-13,15-16,20,32H,3,6,14,33H2,(H,35,38)(H,36,37,40). The Hall–Kier alpha value is -5.00. The number of fused-ring (bicyclic) bond motifs is 1. The molecule has 204 valence electrons. The molecule has 1 atom stereocenters. The number of anilines is 4. The fraction of sp³-hybridized carbons (Fsp3) is 0.179. The summed E-state index contributed by atoms with van der Waals surface area (Å²) in [7, 11) is 0. The summed E-state index contributed by atoms with van der Waals surface area (Å²) in [6.07, 6.45) is -0.860. The number of hydrogen-bond acceptors (Lipinski definition) is 7. The van der Waals surface area contributed by atoms with Crippen molar-refractivity contribution < 1.29 is 18.0 Å². The van der Waals surface area contributed by atoms with Crippen LogP contribution in [-0.4, -0.2) is 45.3 Å². The number of nitrogens with zero attached hydrogens (tertiary/aromatic N) is 4. The van der Waals surface area contributed by atoms with Crippen molar-refractivity contribution in [2.24, 2.45) is 4.99 Å². The predicted octanol–water partition coefficient (Wildman–Crippen LogP) is 5.79. The number of benzene rings is 2. The van der Waals surface area contributed by atoms with Crippen LogP contribution in [-0.2, 0) is 4.79 Å². The first-order valence-electron chi connectivity index (χ1n) is 12.4. The Kier molecular flexibility index (Phi) is 7.32. The van der Waals surface area contributed by atoms with Gasteiger partial charge in [-0.1, -0.05) is 24.3 Å². The van der Waals surface area contributed by atoms with Crippen LogP contribution >= 0.6 is 0 Å². The van der Waals surface area contributed by atoms with E-state index in [9.17, 15) is 18.0 Å². The molecule has 4 aromatic rings. The summed E-state index contributed by atoms with van der Waals surface area (Å²) in [5.74, 6) is 0.726. The van der Waals surface area contributed by atoms with Gasteiger partial charge in [-0.05, 0) is 55.3 Å². The third-order valence-corrected chi connectivity index (χ3v) is 6.30. The average molecular weight is 547 g/mol. The van der Waals surface area contributed by atoms with Crippen LogP contribution in [0.5, 0.6) is 0 Å². The molecule has 1 amide bonds. The van der Waals surface area contributed by atoms with Gasteiger partial charge >= 0.3 is 6.18 Å². The Labute approximate surface area is 227 Å². The van der Waals surface area contributed by atoms with E-state index in [1.165, 1.54) is 12.4 Å². The van der Waals surface area contributed by atoms with Crippen LogP contribution < -0.4 is 16.4 Å². The third-order valence-electron chi connectivity index (χ3n) is 6.30. The number of allylic oxidation sites excluding steroid dienone is 1. The maximum atomic E-state index is 12.9. The van der Waals surface area contributed by atoms with E-state index in [0.29, 0.717) is 35.0 Å². The molecule has 2 aromatic carbocycles. The van der Waals surface area contributed by atoms with E-state index in [2.05, 4.69) is 20.6 Å². The molecule has 5 N–H and O–H groups in total. The van der Waals surface area contributed by atoms with Crippen molar-refractivity contribution in [3.8, 4) is 5.82 Å². The number of hydrogen-bond donors (Lipinski definition) is 4. The monoisotopic (exact) mass is 546 g/mol. The van der Waals surface area contributed by atoms with Gasteiger partial charge in [0.1, 0.15) is 5.82 Å². The highest BCUT2D eigenvalue weighted by atomic mass is 19.4. The number of carbonyl (C=O) groups is 1. The van der Waals surface area contributed by atoms with Crippen LogP contribution in [0.25, 0.3) is 16.7 Å². The third kappa shape index (κ3) is 6.01. The van der Waals surface area contributed by atoms with Crippen LogP contribution in [0.2, 0.25) is 0 Å². The van der Waals surface area contributed by atoms with E-state index < -0.39 is 24.5 Å². The molecule has 1 unspecified atom stereocenters. The second-order valence-corrected chi connectivity index (χ2v) is 9.21. The first-order chi connectivity index (χ1) is 19.2. The lowest BCUT2D eigenvalue weighted by molar-refractivity contribution is -0.138. The Bertz CT molecular complexity index is 1640. The molecule has 0 spiro atoms. The lowest BCUT2D eigenvalue weighted by Crippen LogP contribution is -2.18. The molecule has 2 aromatic heterocycles. The Balaban J connectivity index is 1.38. The zero-order valence-electron chi connectivity index (χ0n) is 21.1. The topological polar surface area (TPSA) is 134 Å². The maximum Gasteiger partial charge on any atom is 0.391 e. The minimum Gasteiger partial charge on any atom is -0.398 e. The fourth-order valence-corrected chi connectivity index (χ4v) is 4.36. The molecular formula is C28H25F3N8O. The first-order valence-corrected chi connectivity index (χ1v) is 12.4. The minimum atomic E-state index is -4.32. The number of rotatable bonds is 7. The zero-order valence-corrected chi connectivity index (χ0v) is 21.1. The van der Waals surface area contributed by atoms with Crippen LogP contribution in [0.3, 0.4) is 0 Å². The smallest absolute Gasteiger partial charge is 0.391 e. The van der Waals surface area contributed by atoms with Crippen molar-refractivity contribution in [2.75, 3.05) is 16.4 Å². The first kappa shape index (κ1) is 26.6. The highest BCUT2D eigenvalue weighted by Crippen LogP contribution is 2.29. The second-order valence-electron chi connectivity index (χ2n) is 9.21. The molecule has 0 radical (unpaired) electrons. The molecule has 1 aliphatic rings. The summed E-state index contributed by atoms with van der Waals surface area (Å²) < 4.78 is 39.9. The van der Waals surface area contributed by atoms with Crippen molar-refractivity contribution in [1.82, 2.24) is 14.8 Å². The molecule has 12 heteroatoms. The van der Waals surface area contributed by atoms with Crippen molar-refractivity contribution in [2.45, 2.75) is 31.5 Å². The number of para-hydroxylation sites is 1. The van der Waals surface area contributed by atoms with Crippen LogP contribution in [0.1, 0.15) is 24.8 Å². The highest BCUT2D eigenvalue weighted by molar-refractivity contribution is 6.17. The number of nitrogen functional groups attached to an aromatic ring is 1. The molecule has 40 heavy (non-hydrogen) atoms. The minimum absolute atomic E-state index is 0.181. The van der Waals surface area contributed by atoms with E-state index in [0.717, 1.165) is 10.9 Å². The lowest BCUT2D eigenvalue weighted by Gasteiger charge is -2.12. The number of pyridine rings is 1. The normalized spacial score (nSPS) is 15.4. The molecule has 5 rings (SSSR count). The summed E-state index contributed by atoms with van der Waals surface area (Å²) in [5.41, 5.74) is 8.62. The van der Waals surface area contributed by atoms with Gasteiger partial charge in [0.15, 0.2) is 11.6 Å². The molecule has 0 saturated carbocycles. The van der Waals surface area contributed by atoms with E-state index in [1.807, 2.05) is 24.3 Å². The van der Waals surface area contributed by atoms with Crippen molar-refractivity contribution in [3.05, 3.63) is 77.9 Å². The summed E-state index contributed by atoms with van der Waals surface area (Å²) in [6.45, 7) is 0. The van der Waals surface area contributed by atoms with E-state index in [4.69, 9.17) is 16.2 Å². The summed E-state index contributed by atoms with van der Waals surface area (Å²) >= 11 is 0. The van der Waals surface area contributed by atoms with E-state index >= 15 is 0 Å². The van der Waals surface area contributed by atoms with Gasteiger partial charge in [-0.15, -0.1) is 5.10 Å². The molecule has 0 saturated heterocycles. The fourth-order valence-electron chi connectivity index (χ4n) is 4.36. The van der Waals surface area contributed by atoms with Gasteiger partial charge in [-0.2, -0.15) is 13.2 Å². The quantitative estimate of drug-likeness (QED) is 0.172. The van der Waals surface area contributed by atoms with Gasteiger partial charge in [0.25, 0.3) is 5.91 Å². The van der Waals surface area contributed by atoms with Crippen LogP contribution in [0.15, 0.2) is 77.3 Å². The lowest BCUT2D eigenvalue weighted by atomic mass is 10.1. The van der Waals surface area contributed by atoms with Gasteiger partial charge in [-0.3, -0.25) is 9.79 Å². The Morgan fingerprint density at radius 1 is 1.15 bits per heavy atom. The number of alkyl halides is 3. The van der Waals surface area contributed by atoms with Crippen molar-refractivity contribution >= 4 is 52.2 Å². The number of carbonyl (C=O) groups excluding carboxylic acids is 1. The van der Waals surface area contributed by atoms with Crippen molar-refractivity contribution in [3.63, 3.8) is 0 Å². The van der Waals surface area contributed by atoms with Gasteiger partial charge in [0.05, 0.1) is 23.6 Å². The molecule has 3 heterocycles. The number of halogens is 3. The van der Waals surface area contributed by atoms with Crippen molar-refractivity contribution in [1.29, 1.82) is 5.41 Å². The Morgan fingerprint density at radius 2 is 1.98 bits per heavy atom. The predicted molar refractivity (Wildman–Crippen MR) is 150 cm³/mol. The molecular weight excluding hydrogens is 521 g/mol. The molecule has 0 aliphatic carbocycles. The summed E-state index contributed by atoms with van der Waals surface area (Å²) in [4.78, 5) is 21.4. The number of nitrogens with two attached hydrogens (primary N) is 1. The molecule has 0 bridgehead atoms. The SMILES string of the molecule is N=Cc1cc(Nc2nn(-c3cccc(NC(=O)C4=CCCC(CC(F)(F)F)N=C4)n3)c3ccccc23)ccc1N.